The summed E-state index contributed by atoms with van der Waals surface area (Å²) >= 11 is 0. The predicted molar refractivity (Wildman–Crippen MR) is 48.1 cm³/mol. The fourth-order valence-corrected chi connectivity index (χ4v) is 2.02. The number of hydrogen-bond acceptors (Lipinski definition) is 2. The molecule has 0 saturated carbocycles. The Morgan fingerprint density at radius 1 is 1.67 bits per heavy atom. The summed E-state index contributed by atoms with van der Waals surface area (Å²) in [5, 5.41) is 10.7. The molecule has 1 aliphatic rings. The fourth-order valence-electron chi connectivity index (χ4n) is 2.02. The molecule has 1 aromatic rings. The SMILES string of the molecule is CCc1n[nH]c2c1C(NC)CC2. The van der Waals surface area contributed by atoms with E-state index in [4.69, 9.17) is 0 Å². The highest BCUT2D eigenvalue weighted by Crippen LogP contribution is 2.31. The van der Waals surface area contributed by atoms with Gasteiger partial charge in [-0.25, -0.2) is 0 Å². The first-order valence-corrected chi connectivity index (χ1v) is 4.60. The minimum Gasteiger partial charge on any atom is -0.313 e. The molecule has 3 nitrogen and oxygen atoms in total. The summed E-state index contributed by atoms with van der Waals surface area (Å²) in [5.41, 5.74) is 4.01. The summed E-state index contributed by atoms with van der Waals surface area (Å²) in [7, 11) is 2.02. The molecule has 0 radical (unpaired) electrons. The lowest BCUT2D eigenvalue weighted by Gasteiger charge is -2.08. The van der Waals surface area contributed by atoms with Crippen LogP contribution in [0.25, 0.3) is 0 Å². The molecule has 12 heavy (non-hydrogen) atoms. The summed E-state index contributed by atoms with van der Waals surface area (Å²) < 4.78 is 0. The number of aromatic nitrogens is 2. The van der Waals surface area contributed by atoms with E-state index in [1.54, 1.807) is 0 Å². The zero-order valence-electron chi connectivity index (χ0n) is 7.65. The van der Waals surface area contributed by atoms with Crippen LogP contribution in [0.4, 0.5) is 0 Å². The van der Waals surface area contributed by atoms with Gasteiger partial charge in [0.1, 0.15) is 0 Å². The van der Waals surface area contributed by atoms with E-state index >= 15 is 0 Å². The van der Waals surface area contributed by atoms with Crippen LogP contribution in [0, 0.1) is 0 Å². The van der Waals surface area contributed by atoms with Crippen molar-refractivity contribution in [3.05, 3.63) is 17.0 Å². The zero-order valence-corrected chi connectivity index (χ0v) is 7.65. The van der Waals surface area contributed by atoms with Crippen molar-refractivity contribution in [3.63, 3.8) is 0 Å². The number of aryl methyl sites for hydroxylation is 2. The second-order valence-electron chi connectivity index (χ2n) is 3.30. The van der Waals surface area contributed by atoms with Crippen molar-refractivity contribution >= 4 is 0 Å². The molecule has 1 unspecified atom stereocenters. The summed E-state index contributed by atoms with van der Waals surface area (Å²) in [4.78, 5) is 0. The first-order chi connectivity index (χ1) is 5.86. The molecule has 0 aliphatic heterocycles. The maximum absolute atomic E-state index is 4.29. The number of rotatable bonds is 2. The molecule has 0 saturated heterocycles. The molecule has 2 N–H and O–H groups in total. The van der Waals surface area contributed by atoms with Crippen LogP contribution in [0.15, 0.2) is 0 Å². The Bertz CT molecular complexity index is 277. The average molecular weight is 165 g/mol. The lowest BCUT2D eigenvalue weighted by molar-refractivity contribution is 0.581. The molecule has 1 aromatic heterocycles. The Morgan fingerprint density at radius 2 is 2.50 bits per heavy atom. The minimum absolute atomic E-state index is 0.536. The van der Waals surface area contributed by atoms with Gasteiger partial charge in [0.2, 0.25) is 0 Å². The van der Waals surface area contributed by atoms with E-state index in [0.717, 1.165) is 12.8 Å². The highest BCUT2D eigenvalue weighted by atomic mass is 15.1. The van der Waals surface area contributed by atoms with Crippen molar-refractivity contribution in [2.75, 3.05) is 7.05 Å². The first kappa shape index (κ1) is 7.80. The van der Waals surface area contributed by atoms with E-state index in [0.29, 0.717) is 6.04 Å². The van der Waals surface area contributed by atoms with E-state index in [2.05, 4.69) is 22.4 Å². The van der Waals surface area contributed by atoms with Crippen molar-refractivity contribution in [3.8, 4) is 0 Å². The van der Waals surface area contributed by atoms with Gasteiger partial charge in [-0.1, -0.05) is 6.92 Å². The molecule has 1 aliphatic carbocycles. The largest absolute Gasteiger partial charge is 0.313 e. The predicted octanol–water partition coefficient (Wildman–Crippen LogP) is 1.18. The first-order valence-electron chi connectivity index (χ1n) is 4.60. The maximum Gasteiger partial charge on any atom is 0.0670 e. The van der Waals surface area contributed by atoms with E-state index < -0.39 is 0 Å². The van der Waals surface area contributed by atoms with E-state index in [-0.39, 0.29) is 0 Å². The van der Waals surface area contributed by atoms with Gasteiger partial charge in [-0.2, -0.15) is 5.10 Å². The van der Waals surface area contributed by atoms with Crippen LogP contribution in [-0.2, 0) is 12.8 Å². The molecule has 0 fully saturated rings. The van der Waals surface area contributed by atoms with E-state index in [1.807, 2.05) is 7.05 Å². The second-order valence-corrected chi connectivity index (χ2v) is 3.30. The Kier molecular flexibility index (Phi) is 1.89. The summed E-state index contributed by atoms with van der Waals surface area (Å²) in [6.45, 7) is 2.15. The Morgan fingerprint density at radius 3 is 3.17 bits per heavy atom. The Hall–Kier alpha value is -0.830. The van der Waals surface area contributed by atoms with E-state index in [1.165, 1.54) is 23.4 Å². The van der Waals surface area contributed by atoms with Crippen LogP contribution in [0.1, 0.15) is 36.3 Å². The van der Waals surface area contributed by atoms with Gasteiger partial charge in [0.25, 0.3) is 0 Å². The molecule has 2 rings (SSSR count). The lowest BCUT2D eigenvalue weighted by Crippen LogP contribution is -2.14. The van der Waals surface area contributed by atoms with Crippen LogP contribution < -0.4 is 5.32 Å². The highest BCUT2D eigenvalue weighted by Gasteiger charge is 2.25. The van der Waals surface area contributed by atoms with Gasteiger partial charge in [-0.05, 0) is 26.3 Å². The van der Waals surface area contributed by atoms with Gasteiger partial charge in [0.05, 0.1) is 5.69 Å². The van der Waals surface area contributed by atoms with Crippen LogP contribution in [0.3, 0.4) is 0 Å². The van der Waals surface area contributed by atoms with Gasteiger partial charge in [-0.3, -0.25) is 5.10 Å². The summed E-state index contributed by atoms with van der Waals surface area (Å²) in [5.74, 6) is 0. The van der Waals surface area contributed by atoms with Crippen LogP contribution in [0.2, 0.25) is 0 Å². The van der Waals surface area contributed by atoms with Crippen molar-refractivity contribution in [1.82, 2.24) is 15.5 Å². The Labute approximate surface area is 72.6 Å². The number of hydrogen-bond donors (Lipinski definition) is 2. The van der Waals surface area contributed by atoms with Gasteiger partial charge in [-0.15, -0.1) is 0 Å². The third-order valence-corrected chi connectivity index (χ3v) is 2.68. The van der Waals surface area contributed by atoms with E-state index in [9.17, 15) is 0 Å². The van der Waals surface area contributed by atoms with Gasteiger partial charge < -0.3 is 5.32 Å². The average Bonchev–Trinajstić information content (AvgIpc) is 2.62. The topological polar surface area (TPSA) is 40.7 Å². The lowest BCUT2D eigenvalue weighted by atomic mass is 10.1. The zero-order chi connectivity index (χ0) is 8.55. The maximum atomic E-state index is 4.29. The number of nitrogens with one attached hydrogen (secondary N) is 2. The minimum atomic E-state index is 0.536. The van der Waals surface area contributed by atoms with Gasteiger partial charge in [0, 0.05) is 17.3 Å². The molecule has 0 amide bonds. The van der Waals surface area contributed by atoms with Crippen LogP contribution in [-0.4, -0.2) is 17.2 Å². The number of nitrogens with zero attached hydrogens (tertiary/aromatic N) is 1. The molecule has 0 bridgehead atoms. The fraction of sp³-hybridized carbons (Fsp3) is 0.667. The monoisotopic (exact) mass is 165 g/mol. The number of fused-ring (bicyclic) bond motifs is 1. The van der Waals surface area contributed by atoms with Crippen molar-refractivity contribution in [2.45, 2.75) is 32.2 Å². The second kappa shape index (κ2) is 2.90. The molecule has 66 valence electrons. The summed E-state index contributed by atoms with van der Waals surface area (Å²) in [6.07, 6.45) is 3.39. The normalized spacial score (nSPS) is 21.3. The Balaban J connectivity index is 2.38. The highest BCUT2D eigenvalue weighted by molar-refractivity contribution is 5.33. The molecule has 0 aromatic carbocycles. The molecule has 1 atom stereocenters. The van der Waals surface area contributed by atoms with Crippen molar-refractivity contribution < 1.29 is 0 Å². The summed E-state index contributed by atoms with van der Waals surface area (Å²) in [6, 6.07) is 0.536. The van der Waals surface area contributed by atoms with Gasteiger partial charge >= 0.3 is 0 Å². The third-order valence-electron chi connectivity index (χ3n) is 2.68. The molecule has 1 heterocycles. The molecule has 0 spiro atoms. The van der Waals surface area contributed by atoms with Crippen molar-refractivity contribution in [2.24, 2.45) is 0 Å². The quantitative estimate of drug-likeness (QED) is 0.691. The number of H-pyrrole nitrogens is 1. The van der Waals surface area contributed by atoms with Gasteiger partial charge in [0.15, 0.2) is 0 Å². The standard InChI is InChI=1S/C9H15N3/c1-3-6-9-7(10-2)4-5-8(9)12-11-6/h7,10H,3-5H2,1-2H3,(H,11,12). The molecule has 3 heteroatoms. The molecular weight excluding hydrogens is 150 g/mol. The van der Waals surface area contributed by atoms with Crippen LogP contribution in [0.5, 0.6) is 0 Å². The van der Waals surface area contributed by atoms with Crippen molar-refractivity contribution in [1.29, 1.82) is 0 Å². The third kappa shape index (κ3) is 0.966. The van der Waals surface area contributed by atoms with Crippen LogP contribution >= 0.6 is 0 Å². The number of aromatic amines is 1. The smallest absolute Gasteiger partial charge is 0.0670 e. The molecular formula is C9H15N3.